The molecule has 0 spiro atoms. The van der Waals surface area contributed by atoms with Crippen molar-refractivity contribution in [1.29, 1.82) is 0 Å². The molecule has 3 aromatic rings. The number of β-amino-alcohol motifs (C(OH)–C–C–N with tert-alkyl or cyclic N) is 1. The predicted molar refractivity (Wildman–Crippen MR) is 82.1 cm³/mol. The van der Waals surface area contributed by atoms with Gasteiger partial charge in [0.2, 0.25) is 11.7 Å². The standard InChI is InChI=1S/C16H16FN5O2/c17-11-3-1-10(2-4-11)15-20-16(24-21-15)13-7-12(23)8-22(13)9-14-18-5-6-19-14/h1-6,12-13,23H,7-9H2,(H,18,19). The van der Waals surface area contributed by atoms with Crippen molar-refractivity contribution in [2.75, 3.05) is 6.54 Å². The van der Waals surface area contributed by atoms with Crippen LogP contribution in [0.2, 0.25) is 0 Å². The molecule has 0 aliphatic carbocycles. The van der Waals surface area contributed by atoms with Crippen molar-refractivity contribution in [1.82, 2.24) is 25.0 Å². The zero-order valence-electron chi connectivity index (χ0n) is 12.8. The number of aromatic nitrogens is 4. The van der Waals surface area contributed by atoms with Crippen LogP contribution in [0.15, 0.2) is 41.2 Å². The number of rotatable bonds is 4. The Bertz CT molecular complexity index is 802. The molecule has 4 rings (SSSR count). The number of likely N-dealkylation sites (tertiary alicyclic amines) is 1. The molecule has 124 valence electrons. The average molecular weight is 329 g/mol. The summed E-state index contributed by atoms with van der Waals surface area (Å²) in [5, 5.41) is 14.0. The van der Waals surface area contributed by atoms with Crippen molar-refractivity contribution in [2.24, 2.45) is 0 Å². The number of hydrogen-bond donors (Lipinski definition) is 2. The average Bonchev–Trinajstić information content (AvgIpc) is 3.29. The molecule has 24 heavy (non-hydrogen) atoms. The van der Waals surface area contributed by atoms with Crippen molar-refractivity contribution in [2.45, 2.75) is 25.1 Å². The monoisotopic (exact) mass is 329 g/mol. The molecule has 1 fully saturated rings. The van der Waals surface area contributed by atoms with Crippen LogP contribution in [-0.2, 0) is 6.54 Å². The molecule has 2 atom stereocenters. The Morgan fingerprint density at radius 2 is 2.17 bits per heavy atom. The molecule has 3 heterocycles. The molecule has 0 amide bonds. The second-order valence-corrected chi connectivity index (χ2v) is 5.83. The van der Waals surface area contributed by atoms with Crippen LogP contribution in [0.1, 0.15) is 24.2 Å². The zero-order chi connectivity index (χ0) is 16.5. The van der Waals surface area contributed by atoms with Crippen LogP contribution in [-0.4, -0.2) is 42.8 Å². The molecule has 1 aromatic carbocycles. The highest BCUT2D eigenvalue weighted by molar-refractivity contribution is 5.53. The number of halogens is 1. The van der Waals surface area contributed by atoms with E-state index in [0.717, 1.165) is 5.82 Å². The van der Waals surface area contributed by atoms with Gasteiger partial charge < -0.3 is 14.6 Å². The SMILES string of the molecule is OC1CC(c2nc(-c3ccc(F)cc3)no2)N(Cc2ncc[nH]2)C1. The van der Waals surface area contributed by atoms with E-state index in [1.54, 1.807) is 24.5 Å². The van der Waals surface area contributed by atoms with E-state index >= 15 is 0 Å². The molecule has 1 saturated heterocycles. The summed E-state index contributed by atoms with van der Waals surface area (Å²) in [6.07, 6.45) is 3.52. The number of aromatic amines is 1. The number of H-pyrrole nitrogens is 1. The first-order valence-corrected chi connectivity index (χ1v) is 7.69. The smallest absolute Gasteiger partial charge is 0.244 e. The molecule has 0 saturated carbocycles. The maximum Gasteiger partial charge on any atom is 0.244 e. The summed E-state index contributed by atoms with van der Waals surface area (Å²) in [7, 11) is 0. The molecule has 0 radical (unpaired) electrons. The van der Waals surface area contributed by atoms with Gasteiger partial charge in [-0.1, -0.05) is 5.16 Å². The van der Waals surface area contributed by atoms with Gasteiger partial charge in [-0.25, -0.2) is 9.37 Å². The molecule has 2 N–H and O–H groups in total. The summed E-state index contributed by atoms with van der Waals surface area (Å²) in [4.78, 5) is 13.7. The fourth-order valence-electron chi connectivity index (χ4n) is 2.97. The first kappa shape index (κ1) is 15.0. The van der Waals surface area contributed by atoms with Crippen molar-refractivity contribution >= 4 is 0 Å². The van der Waals surface area contributed by atoms with Crippen molar-refractivity contribution < 1.29 is 14.0 Å². The molecular formula is C16H16FN5O2. The summed E-state index contributed by atoms with van der Waals surface area (Å²) >= 11 is 0. The lowest BCUT2D eigenvalue weighted by molar-refractivity contribution is 0.167. The van der Waals surface area contributed by atoms with Crippen LogP contribution in [0.3, 0.4) is 0 Å². The Hall–Kier alpha value is -2.58. The highest BCUT2D eigenvalue weighted by Gasteiger charge is 2.36. The van der Waals surface area contributed by atoms with Crippen molar-refractivity contribution in [3.63, 3.8) is 0 Å². The van der Waals surface area contributed by atoms with Gasteiger partial charge in [0.15, 0.2) is 0 Å². The second kappa shape index (κ2) is 6.14. The first-order chi connectivity index (χ1) is 11.7. The Kier molecular flexibility index (Phi) is 3.83. The van der Waals surface area contributed by atoms with E-state index in [9.17, 15) is 9.50 Å². The van der Waals surface area contributed by atoms with Crippen LogP contribution in [0.4, 0.5) is 4.39 Å². The van der Waals surface area contributed by atoms with Gasteiger partial charge in [0.05, 0.1) is 18.7 Å². The molecule has 2 aromatic heterocycles. The Labute approximate surface area is 137 Å². The molecule has 1 aliphatic heterocycles. The minimum absolute atomic E-state index is 0.174. The number of imidazole rings is 1. The van der Waals surface area contributed by atoms with E-state index in [2.05, 4.69) is 20.1 Å². The molecule has 8 heteroatoms. The normalized spacial score (nSPS) is 21.4. The summed E-state index contributed by atoms with van der Waals surface area (Å²) in [5.41, 5.74) is 0.683. The number of nitrogens with zero attached hydrogens (tertiary/aromatic N) is 4. The Morgan fingerprint density at radius 3 is 2.92 bits per heavy atom. The van der Waals surface area contributed by atoms with Crippen LogP contribution >= 0.6 is 0 Å². The molecule has 1 aliphatic rings. The molecule has 2 unspecified atom stereocenters. The van der Waals surface area contributed by atoms with Crippen LogP contribution in [0.5, 0.6) is 0 Å². The fourth-order valence-corrected chi connectivity index (χ4v) is 2.97. The number of aliphatic hydroxyl groups excluding tert-OH is 1. The fraction of sp³-hybridized carbons (Fsp3) is 0.312. The van der Waals surface area contributed by atoms with Gasteiger partial charge in [0.25, 0.3) is 0 Å². The number of aliphatic hydroxyl groups is 1. The minimum Gasteiger partial charge on any atom is -0.392 e. The molecule has 7 nitrogen and oxygen atoms in total. The maximum atomic E-state index is 13.0. The highest BCUT2D eigenvalue weighted by atomic mass is 19.1. The van der Waals surface area contributed by atoms with E-state index in [0.29, 0.717) is 36.8 Å². The molecule has 0 bridgehead atoms. The van der Waals surface area contributed by atoms with Gasteiger partial charge >= 0.3 is 0 Å². The molecular weight excluding hydrogens is 313 g/mol. The van der Waals surface area contributed by atoms with E-state index < -0.39 is 6.10 Å². The predicted octanol–water partition coefficient (Wildman–Crippen LogP) is 1.91. The van der Waals surface area contributed by atoms with Gasteiger partial charge in [-0.15, -0.1) is 0 Å². The van der Waals surface area contributed by atoms with Gasteiger partial charge in [0.1, 0.15) is 11.6 Å². The highest BCUT2D eigenvalue weighted by Crippen LogP contribution is 2.33. The number of nitrogens with one attached hydrogen (secondary N) is 1. The van der Waals surface area contributed by atoms with Gasteiger partial charge in [0, 0.05) is 24.5 Å². The third-order valence-electron chi connectivity index (χ3n) is 4.12. The topological polar surface area (TPSA) is 91.1 Å². The lowest BCUT2D eigenvalue weighted by Gasteiger charge is -2.19. The van der Waals surface area contributed by atoms with E-state index in [-0.39, 0.29) is 11.9 Å². The zero-order valence-corrected chi connectivity index (χ0v) is 12.8. The summed E-state index contributed by atoms with van der Waals surface area (Å²) in [6.45, 7) is 1.07. The lowest BCUT2D eigenvalue weighted by Crippen LogP contribution is -2.25. The summed E-state index contributed by atoms with van der Waals surface area (Å²) in [6, 6.07) is 5.75. The van der Waals surface area contributed by atoms with Crippen LogP contribution in [0, 0.1) is 5.82 Å². The van der Waals surface area contributed by atoms with Gasteiger partial charge in [-0.3, -0.25) is 4.90 Å². The van der Waals surface area contributed by atoms with Gasteiger partial charge in [-0.2, -0.15) is 4.98 Å². The third-order valence-corrected chi connectivity index (χ3v) is 4.12. The van der Waals surface area contributed by atoms with Crippen LogP contribution < -0.4 is 0 Å². The third kappa shape index (κ3) is 2.93. The van der Waals surface area contributed by atoms with Crippen molar-refractivity contribution in [3.05, 3.63) is 54.2 Å². The quantitative estimate of drug-likeness (QED) is 0.760. The largest absolute Gasteiger partial charge is 0.392 e. The van der Waals surface area contributed by atoms with E-state index in [1.807, 2.05) is 4.90 Å². The number of benzene rings is 1. The van der Waals surface area contributed by atoms with E-state index in [4.69, 9.17) is 4.52 Å². The van der Waals surface area contributed by atoms with Crippen molar-refractivity contribution in [3.8, 4) is 11.4 Å². The Balaban J connectivity index is 1.56. The van der Waals surface area contributed by atoms with Crippen LogP contribution in [0.25, 0.3) is 11.4 Å². The Morgan fingerprint density at radius 1 is 1.33 bits per heavy atom. The minimum atomic E-state index is -0.453. The number of hydrogen-bond acceptors (Lipinski definition) is 6. The maximum absolute atomic E-state index is 13.0. The first-order valence-electron chi connectivity index (χ1n) is 7.69. The summed E-state index contributed by atoms with van der Waals surface area (Å²) in [5.74, 6) is 1.35. The lowest BCUT2D eigenvalue weighted by atomic mass is 10.2. The summed E-state index contributed by atoms with van der Waals surface area (Å²) < 4.78 is 18.4. The van der Waals surface area contributed by atoms with E-state index in [1.165, 1.54) is 12.1 Å². The van der Waals surface area contributed by atoms with Gasteiger partial charge in [-0.05, 0) is 30.7 Å². The second-order valence-electron chi connectivity index (χ2n) is 5.83.